The molecule has 2 aromatic rings. The number of ether oxygens (including phenoxy) is 1. The highest BCUT2D eigenvalue weighted by atomic mass is 35.5. The van der Waals surface area contributed by atoms with Crippen LogP contribution in [0.1, 0.15) is 37.5 Å². The van der Waals surface area contributed by atoms with Crippen LogP contribution in [0.15, 0.2) is 42.5 Å². The molecule has 0 aliphatic heterocycles. The summed E-state index contributed by atoms with van der Waals surface area (Å²) in [6.45, 7) is 6.46. The third-order valence-electron chi connectivity index (χ3n) is 3.25. The Morgan fingerprint density at radius 2 is 1.90 bits per heavy atom. The van der Waals surface area contributed by atoms with Crippen LogP contribution >= 0.6 is 11.6 Å². The largest absolute Gasteiger partial charge is 0.456 e. The fraction of sp³-hybridized carbons (Fsp3) is 0.278. The lowest BCUT2D eigenvalue weighted by Gasteiger charge is -2.19. The second-order valence-corrected chi connectivity index (χ2v) is 6.22. The van der Waals surface area contributed by atoms with E-state index in [0.29, 0.717) is 17.2 Å². The number of halogens is 1. The first-order chi connectivity index (χ1) is 9.94. The molecule has 0 unspecified atom stereocenters. The fourth-order valence-corrected chi connectivity index (χ4v) is 2.16. The Morgan fingerprint density at radius 3 is 2.52 bits per heavy atom. The van der Waals surface area contributed by atoms with Gasteiger partial charge in [0.15, 0.2) is 0 Å². The van der Waals surface area contributed by atoms with Crippen molar-refractivity contribution in [1.29, 1.82) is 5.26 Å². The van der Waals surface area contributed by atoms with Crippen LogP contribution in [-0.2, 0) is 11.3 Å². The molecule has 0 aliphatic carbocycles. The molecule has 0 radical (unpaired) electrons. The first-order valence-corrected chi connectivity index (χ1v) is 7.35. The Labute approximate surface area is 130 Å². The van der Waals surface area contributed by atoms with Crippen molar-refractivity contribution in [3.8, 4) is 17.6 Å². The molecule has 3 heteroatoms. The van der Waals surface area contributed by atoms with Crippen molar-refractivity contribution in [2.45, 2.75) is 32.1 Å². The van der Waals surface area contributed by atoms with Gasteiger partial charge < -0.3 is 4.74 Å². The molecule has 2 aromatic carbocycles. The van der Waals surface area contributed by atoms with E-state index in [1.807, 2.05) is 24.3 Å². The van der Waals surface area contributed by atoms with Gasteiger partial charge in [0, 0.05) is 5.88 Å². The predicted octanol–water partition coefficient (Wildman–Crippen LogP) is 5.39. The first kappa shape index (κ1) is 15.4. The van der Waals surface area contributed by atoms with Gasteiger partial charge in [-0.1, -0.05) is 39.0 Å². The maximum Gasteiger partial charge on any atom is 0.145 e. The SMILES string of the molecule is CC(C)(C)c1cccc(Oc2ccc(CCl)cc2C#N)c1. The van der Waals surface area contributed by atoms with Gasteiger partial charge in [-0.25, -0.2) is 0 Å². The van der Waals surface area contributed by atoms with Gasteiger partial charge in [-0.2, -0.15) is 5.26 Å². The molecule has 0 fully saturated rings. The monoisotopic (exact) mass is 299 g/mol. The van der Waals surface area contributed by atoms with Crippen molar-refractivity contribution in [3.63, 3.8) is 0 Å². The van der Waals surface area contributed by atoms with Gasteiger partial charge in [-0.15, -0.1) is 11.6 Å². The Kier molecular flexibility index (Phi) is 4.55. The summed E-state index contributed by atoms with van der Waals surface area (Å²) in [7, 11) is 0. The molecule has 0 atom stereocenters. The highest BCUT2D eigenvalue weighted by Gasteiger charge is 2.14. The number of hydrogen-bond donors (Lipinski definition) is 0. The second kappa shape index (κ2) is 6.20. The molecule has 0 saturated heterocycles. The van der Waals surface area contributed by atoms with Crippen molar-refractivity contribution in [1.82, 2.24) is 0 Å². The van der Waals surface area contributed by atoms with E-state index in [4.69, 9.17) is 16.3 Å². The summed E-state index contributed by atoms with van der Waals surface area (Å²) in [5.74, 6) is 1.67. The van der Waals surface area contributed by atoms with Crippen molar-refractivity contribution in [2.75, 3.05) is 0 Å². The maximum absolute atomic E-state index is 9.23. The third kappa shape index (κ3) is 3.77. The Bertz CT molecular complexity index is 680. The summed E-state index contributed by atoms with van der Waals surface area (Å²) in [5.41, 5.74) is 2.65. The zero-order valence-corrected chi connectivity index (χ0v) is 13.2. The van der Waals surface area contributed by atoms with Crippen LogP contribution in [0.2, 0.25) is 0 Å². The molecule has 0 bridgehead atoms. The average Bonchev–Trinajstić information content (AvgIpc) is 2.47. The molecule has 108 valence electrons. The van der Waals surface area contributed by atoms with Gasteiger partial charge in [-0.05, 0) is 40.8 Å². The van der Waals surface area contributed by atoms with Gasteiger partial charge >= 0.3 is 0 Å². The van der Waals surface area contributed by atoms with E-state index in [1.54, 1.807) is 12.1 Å². The molecule has 0 amide bonds. The van der Waals surface area contributed by atoms with E-state index in [0.717, 1.165) is 11.3 Å². The van der Waals surface area contributed by atoms with E-state index in [1.165, 1.54) is 5.56 Å². The number of alkyl halides is 1. The third-order valence-corrected chi connectivity index (χ3v) is 3.56. The number of nitrogens with zero attached hydrogens (tertiary/aromatic N) is 1. The van der Waals surface area contributed by atoms with Gasteiger partial charge in [0.25, 0.3) is 0 Å². The van der Waals surface area contributed by atoms with Crippen LogP contribution < -0.4 is 4.74 Å². The Hall–Kier alpha value is -1.98. The minimum absolute atomic E-state index is 0.0555. The quantitative estimate of drug-likeness (QED) is 0.712. The van der Waals surface area contributed by atoms with Crippen molar-refractivity contribution in [3.05, 3.63) is 59.2 Å². The van der Waals surface area contributed by atoms with Crippen LogP contribution in [0.3, 0.4) is 0 Å². The second-order valence-electron chi connectivity index (χ2n) is 5.96. The van der Waals surface area contributed by atoms with Gasteiger partial charge in [0.05, 0.1) is 5.56 Å². The highest BCUT2D eigenvalue weighted by molar-refractivity contribution is 6.17. The molecular formula is C18H18ClNO. The van der Waals surface area contributed by atoms with E-state index < -0.39 is 0 Å². The van der Waals surface area contributed by atoms with E-state index >= 15 is 0 Å². The topological polar surface area (TPSA) is 33.0 Å². The number of benzene rings is 2. The molecule has 0 N–H and O–H groups in total. The Morgan fingerprint density at radius 1 is 1.14 bits per heavy atom. The summed E-state index contributed by atoms with van der Waals surface area (Å²) in [4.78, 5) is 0. The smallest absolute Gasteiger partial charge is 0.145 e. The summed E-state index contributed by atoms with van der Waals surface area (Å²) >= 11 is 5.79. The maximum atomic E-state index is 9.23. The summed E-state index contributed by atoms with van der Waals surface area (Å²) in [5, 5.41) is 9.23. The number of hydrogen-bond acceptors (Lipinski definition) is 2. The number of nitriles is 1. The lowest BCUT2D eigenvalue weighted by molar-refractivity contribution is 0.477. The Balaban J connectivity index is 2.33. The van der Waals surface area contributed by atoms with Crippen molar-refractivity contribution >= 4 is 11.6 Å². The molecular weight excluding hydrogens is 282 g/mol. The molecule has 0 saturated carbocycles. The first-order valence-electron chi connectivity index (χ1n) is 6.81. The molecule has 0 heterocycles. The van der Waals surface area contributed by atoms with Gasteiger partial charge in [-0.3, -0.25) is 0 Å². The average molecular weight is 300 g/mol. The summed E-state index contributed by atoms with van der Waals surface area (Å²) in [6, 6.07) is 15.5. The zero-order chi connectivity index (χ0) is 15.5. The molecule has 21 heavy (non-hydrogen) atoms. The van der Waals surface area contributed by atoms with Crippen LogP contribution in [0, 0.1) is 11.3 Å². The lowest BCUT2D eigenvalue weighted by Crippen LogP contribution is -2.10. The number of rotatable bonds is 3. The molecule has 0 spiro atoms. The minimum Gasteiger partial charge on any atom is -0.456 e. The standard InChI is InChI=1S/C18H18ClNO/c1-18(2,3)15-5-4-6-16(10-15)21-17-8-7-13(11-19)9-14(17)12-20/h4-10H,11H2,1-3H3. The molecule has 0 aliphatic rings. The lowest BCUT2D eigenvalue weighted by atomic mass is 9.87. The molecule has 2 rings (SSSR count). The van der Waals surface area contributed by atoms with Gasteiger partial charge in [0.1, 0.15) is 17.6 Å². The van der Waals surface area contributed by atoms with Crippen molar-refractivity contribution < 1.29 is 4.74 Å². The van der Waals surface area contributed by atoms with Crippen LogP contribution in [0.25, 0.3) is 0 Å². The molecule has 0 aromatic heterocycles. The van der Waals surface area contributed by atoms with E-state index in [2.05, 4.69) is 32.9 Å². The van der Waals surface area contributed by atoms with Gasteiger partial charge in [0.2, 0.25) is 0 Å². The van der Waals surface area contributed by atoms with Crippen LogP contribution in [-0.4, -0.2) is 0 Å². The minimum atomic E-state index is 0.0555. The van der Waals surface area contributed by atoms with Crippen LogP contribution in [0.5, 0.6) is 11.5 Å². The fourth-order valence-electron chi connectivity index (χ4n) is 1.99. The normalized spacial score (nSPS) is 11.0. The summed E-state index contributed by atoms with van der Waals surface area (Å²) < 4.78 is 5.87. The summed E-state index contributed by atoms with van der Waals surface area (Å²) in [6.07, 6.45) is 0. The highest BCUT2D eigenvalue weighted by Crippen LogP contribution is 2.30. The van der Waals surface area contributed by atoms with E-state index in [9.17, 15) is 5.26 Å². The molecule has 2 nitrogen and oxygen atoms in total. The predicted molar refractivity (Wildman–Crippen MR) is 85.9 cm³/mol. The van der Waals surface area contributed by atoms with E-state index in [-0.39, 0.29) is 5.41 Å². The zero-order valence-electron chi connectivity index (χ0n) is 12.5. The van der Waals surface area contributed by atoms with Crippen molar-refractivity contribution in [2.24, 2.45) is 0 Å². The van der Waals surface area contributed by atoms with Crippen LogP contribution in [0.4, 0.5) is 0 Å².